The minimum Gasteiger partial charge on any atom is -0.450 e. The summed E-state index contributed by atoms with van der Waals surface area (Å²) in [7, 11) is 0. The van der Waals surface area contributed by atoms with Crippen LogP contribution in [-0.4, -0.2) is 58.7 Å². The number of carbonyl (C=O) groups excluding carboxylic acids is 1. The number of nitrogens with two attached hydrogens (primary N) is 1. The van der Waals surface area contributed by atoms with Crippen LogP contribution in [0.2, 0.25) is 0 Å². The number of aromatic nitrogens is 2. The number of hydrogen-bond acceptors (Lipinski definition) is 7. The van der Waals surface area contributed by atoms with Crippen LogP contribution < -0.4 is 16.3 Å². The Hall–Kier alpha value is -2.16. The Balaban J connectivity index is 0.00000220. The molecule has 9 nitrogen and oxygen atoms in total. The third kappa shape index (κ3) is 3.69. The summed E-state index contributed by atoms with van der Waals surface area (Å²) in [6.07, 6.45) is -0.318. The second-order valence-electron chi connectivity index (χ2n) is 4.35. The highest BCUT2D eigenvalue weighted by Gasteiger charge is 2.23. The van der Waals surface area contributed by atoms with Gasteiger partial charge < -0.3 is 25.5 Å². The lowest BCUT2D eigenvalue weighted by Gasteiger charge is -2.34. The smallest absolute Gasteiger partial charge is 0.409 e. The van der Waals surface area contributed by atoms with Gasteiger partial charge in [-0.15, -0.1) is 17.1 Å². The molecule has 21 heavy (non-hydrogen) atoms. The first-order valence-electron chi connectivity index (χ1n) is 6.33. The molecular weight excluding hydrogens is 300 g/mol. The Morgan fingerprint density at radius 1 is 1.48 bits per heavy atom. The van der Waals surface area contributed by atoms with Crippen LogP contribution in [0.25, 0.3) is 0 Å². The van der Waals surface area contributed by atoms with Crippen LogP contribution >= 0.6 is 12.4 Å². The van der Waals surface area contributed by atoms with Gasteiger partial charge >= 0.3 is 6.09 Å². The fraction of sp³-hybridized carbons (Fsp3) is 0.545. The maximum atomic E-state index is 11.6. The van der Waals surface area contributed by atoms with E-state index in [-0.39, 0.29) is 29.9 Å². The fourth-order valence-corrected chi connectivity index (χ4v) is 2.00. The number of nitrogens with one attached hydrogen (secondary N) is 1. The molecule has 118 valence electrons. The summed E-state index contributed by atoms with van der Waals surface area (Å²) in [5.74, 6) is 0.564. The predicted molar refractivity (Wildman–Crippen MR) is 77.7 cm³/mol. The maximum absolute atomic E-state index is 11.6. The van der Waals surface area contributed by atoms with Gasteiger partial charge in [0, 0.05) is 32.2 Å². The highest BCUT2D eigenvalue weighted by molar-refractivity contribution is 5.85. The van der Waals surface area contributed by atoms with Crippen LogP contribution in [-0.2, 0) is 4.74 Å². The van der Waals surface area contributed by atoms with Crippen LogP contribution in [0, 0.1) is 5.41 Å². The van der Waals surface area contributed by atoms with E-state index in [4.69, 9.17) is 15.9 Å². The molecule has 0 aromatic carbocycles. The minimum absolute atomic E-state index is 0. The number of anilines is 2. The number of hydrogen-bond donors (Lipinski definition) is 3. The average molecular weight is 319 g/mol. The first kappa shape index (κ1) is 16.9. The van der Waals surface area contributed by atoms with Gasteiger partial charge in [0.1, 0.15) is 11.6 Å². The van der Waals surface area contributed by atoms with Crippen LogP contribution in [0.15, 0.2) is 6.07 Å². The molecule has 0 saturated carbocycles. The molecule has 0 radical (unpaired) electrons. The number of halogens is 1. The number of nitrogen functional groups attached to an aromatic ring is 1. The summed E-state index contributed by atoms with van der Waals surface area (Å²) in [6, 6.07) is 1.50. The third-order valence-corrected chi connectivity index (χ3v) is 3.07. The molecule has 1 aliphatic heterocycles. The van der Waals surface area contributed by atoms with Crippen LogP contribution in [0.5, 0.6) is 0 Å². The molecule has 0 bridgehead atoms. The highest BCUT2D eigenvalue weighted by Crippen LogP contribution is 2.14. The Morgan fingerprint density at radius 3 is 2.62 bits per heavy atom. The van der Waals surface area contributed by atoms with E-state index in [1.54, 1.807) is 11.8 Å². The lowest BCUT2D eigenvalue weighted by Crippen LogP contribution is -2.49. The molecule has 1 aromatic heterocycles. The van der Waals surface area contributed by atoms with Crippen molar-refractivity contribution in [2.24, 2.45) is 0 Å². The van der Waals surface area contributed by atoms with E-state index in [0.717, 1.165) is 0 Å². The molecule has 0 atom stereocenters. The van der Waals surface area contributed by atoms with Crippen LogP contribution in [0.1, 0.15) is 6.92 Å². The average Bonchev–Trinajstić information content (AvgIpc) is 2.44. The van der Waals surface area contributed by atoms with Gasteiger partial charge in [-0.25, -0.2) is 4.79 Å². The topological polar surface area (TPSA) is 121 Å². The van der Waals surface area contributed by atoms with E-state index in [1.807, 2.05) is 4.90 Å². The van der Waals surface area contributed by atoms with Crippen LogP contribution in [0.3, 0.4) is 0 Å². The van der Waals surface area contributed by atoms with Crippen molar-refractivity contribution in [1.29, 1.82) is 5.41 Å². The molecule has 1 fully saturated rings. The van der Waals surface area contributed by atoms with E-state index in [9.17, 15) is 10.0 Å². The number of piperazine rings is 1. The van der Waals surface area contributed by atoms with E-state index in [1.165, 1.54) is 6.07 Å². The number of nitrogens with zero attached hydrogens (tertiary/aromatic N) is 4. The third-order valence-electron chi connectivity index (χ3n) is 3.07. The molecule has 1 aromatic rings. The highest BCUT2D eigenvalue weighted by atomic mass is 35.5. The van der Waals surface area contributed by atoms with Crippen LogP contribution in [0.4, 0.5) is 16.4 Å². The molecule has 0 unspecified atom stereocenters. The van der Waals surface area contributed by atoms with Gasteiger partial charge in [0.05, 0.1) is 6.61 Å². The number of carbonyl (C=O) groups is 1. The van der Waals surface area contributed by atoms with Crippen molar-refractivity contribution in [3.63, 3.8) is 0 Å². The van der Waals surface area contributed by atoms with Crippen molar-refractivity contribution in [3.05, 3.63) is 11.7 Å². The maximum Gasteiger partial charge on any atom is 0.409 e. The molecule has 1 amide bonds. The summed E-state index contributed by atoms with van der Waals surface area (Å²) in [5, 5.41) is 16.8. The van der Waals surface area contributed by atoms with E-state index in [0.29, 0.717) is 43.3 Å². The Morgan fingerprint density at radius 2 is 2.10 bits per heavy atom. The number of amides is 1. The summed E-state index contributed by atoms with van der Waals surface area (Å²) in [4.78, 5) is 19.1. The number of ether oxygens (including phenoxy) is 1. The number of rotatable bonds is 2. The normalized spacial score (nSPS) is 14.5. The van der Waals surface area contributed by atoms with E-state index >= 15 is 0 Å². The first-order valence-corrected chi connectivity index (χ1v) is 6.33. The quantitative estimate of drug-likeness (QED) is 0.654. The molecule has 2 heterocycles. The van der Waals surface area contributed by atoms with E-state index in [2.05, 4.69) is 4.98 Å². The van der Waals surface area contributed by atoms with Gasteiger partial charge in [-0.05, 0) is 6.92 Å². The Labute approximate surface area is 127 Å². The predicted octanol–water partition coefficient (Wildman–Crippen LogP) is -0.118. The van der Waals surface area contributed by atoms with Gasteiger partial charge in [0.15, 0.2) is 0 Å². The summed E-state index contributed by atoms with van der Waals surface area (Å²) >= 11 is 0. The zero-order valence-electron chi connectivity index (χ0n) is 11.7. The van der Waals surface area contributed by atoms with Crippen molar-refractivity contribution in [3.8, 4) is 0 Å². The van der Waals surface area contributed by atoms with Gasteiger partial charge in [-0.1, -0.05) is 0 Å². The van der Waals surface area contributed by atoms with Gasteiger partial charge in [-0.2, -0.15) is 4.98 Å². The lowest BCUT2D eigenvalue weighted by atomic mass is 10.3. The van der Waals surface area contributed by atoms with E-state index < -0.39 is 0 Å². The molecular formula is C11H19ClN6O3. The molecule has 0 spiro atoms. The zero-order chi connectivity index (χ0) is 14.7. The van der Waals surface area contributed by atoms with Crippen molar-refractivity contribution in [2.75, 3.05) is 43.4 Å². The van der Waals surface area contributed by atoms with Gasteiger partial charge in [0.2, 0.25) is 0 Å². The zero-order valence-corrected chi connectivity index (χ0v) is 12.5. The monoisotopic (exact) mass is 318 g/mol. The molecule has 1 saturated heterocycles. The summed E-state index contributed by atoms with van der Waals surface area (Å²) in [6.45, 7) is 4.29. The SMILES string of the molecule is CCOC(=O)N1CCN(c2cc(N)n(O)c(=N)n2)CC1.Cl. The van der Waals surface area contributed by atoms with Crippen molar-refractivity contribution >= 4 is 30.1 Å². The largest absolute Gasteiger partial charge is 0.450 e. The Kier molecular flexibility index (Phi) is 5.65. The Bertz CT molecular complexity index is 555. The molecule has 4 N–H and O–H groups in total. The van der Waals surface area contributed by atoms with Gasteiger partial charge in [0.25, 0.3) is 5.62 Å². The molecule has 10 heteroatoms. The summed E-state index contributed by atoms with van der Waals surface area (Å²) < 4.78 is 5.45. The first-order chi connectivity index (χ1) is 9.52. The minimum atomic E-state index is -0.326. The second-order valence-corrected chi connectivity index (χ2v) is 4.35. The molecule has 2 rings (SSSR count). The molecule has 1 aliphatic rings. The standard InChI is InChI=1S/C11H18N6O3.ClH/c1-2-20-11(18)16-5-3-15(4-6-16)9-7-8(12)17(19)10(13)14-9;/h7,13,19H,2-6,12H2,1H3;1H. The second kappa shape index (κ2) is 7.02. The van der Waals surface area contributed by atoms with Crippen molar-refractivity contribution < 1.29 is 14.7 Å². The summed E-state index contributed by atoms with van der Waals surface area (Å²) in [5.41, 5.74) is 5.26. The fourth-order valence-electron chi connectivity index (χ4n) is 2.00. The van der Waals surface area contributed by atoms with Crippen molar-refractivity contribution in [1.82, 2.24) is 14.6 Å². The van der Waals surface area contributed by atoms with Gasteiger partial charge in [-0.3, -0.25) is 5.41 Å². The lowest BCUT2D eigenvalue weighted by molar-refractivity contribution is 0.105. The molecule has 0 aliphatic carbocycles. The van der Waals surface area contributed by atoms with Crippen molar-refractivity contribution in [2.45, 2.75) is 6.92 Å².